The highest BCUT2D eigenvalue weighted by Gasteiger charge is 2.16. The third kappa shape index (κ3) is 5.41. The van der Waals surface area contributed by atoms with Crippen LogP contribution in [0.2, 0.25) is 0 Å². The largest absolute Gasteiger partial charge is 0.322 e. The van der Waals surface area contributed by atoms with Crippen molar-refractivity contribution < 1.29 is 4.79 Å². The van der Waals surface area contributed by atoms with Crippen molar-refractivity contribution in [1.29, 1.82) is 5.26 Å². The van der Waals surface area contributed by atoms with E-state index in [-0.39, 0.29) is 5.91 Å². The van der Waals surface area contributed by atoms with E-state index in [1.165, 1.54) is 17.3 Å². The number of nitrogens with zero attached hydrogens (tertiary/aromatic N) is 3. The third-order valence-corrected chi connectivity index (χ3v) is 6.65. The minimum Gasteiger partial charge on any atom is -0.322 e. The molecule has 0 aliphatic heterocycles. The number of benzene rings is 2. The zero-order chi connectivity index (χ0) is 22.3. The second kappa shape index (κ2) is 10.2. The summed E-state index contributed by atoms with van der Waals surface area (Å²) in [5, 5.41) is 16.2. The molecule has 4 rings (SSSR count). The predicted octanol–water partition coefficient (Wildman–Crippen LogP) is 5.85. The molecule has 7 heteroatoms. The van der Waals surface area contributed by atoms with Crippen LogP contribution in [0, 0.1) is 18.3 Å². The molecule has 0 atom stereocenters. The fourth-order valence-electron chi connectivity index (χ4n) is 3.13. The number of pyridine rings is 1. The highest BCUT2D eigenvalue weighted by atomic mass is 32.2. The summed E-state index contributed by atoms with van der Waals surface area (Å²) in [6, 6.07) is 23.3. The number of hydrogen-bond donors (Lipinski definition) is 1. The maximum Gasteiger partial charge on any atom is 0.257 e. The van der Waals surface area contributed by atoms with Crippen LogP contribution >= 0.6 is 23.1 Å². The minimum absolute atomic E-state index is 0.278. The molecule has 0 unspecified atom stereocenters. The normalized spacial score (nSPS) is 10.5. The van der Waals surface area contributed by atoms with Crippen LogP contribution in [0.15, 0.2) is 77.1 Å². The number of aryl methyl sites for hydroxylation is 1. The molecule has 0 radical (unpaired) electrons. The number of nitrogens with one attached hydrogen (secondary N) is 1. The summed E-state index contributed by atoms with van der Waals surface area (Å²) in [4.78, 5) is 21.9. The quantitative estimate of drug-likeness (QED) is 0.353. The lowest BCUT2D eigenvalue weighted by atomic mass is 10.1. The Kier molecular flexibility index (Phi) is 6.95. The van der Waals surface area contributed by atoms with Gasteiger partial charge in [-0.1, -0.05) is 60.3 Å². The molecule has 1 N–H and O–H groups in total. The molecule has 32 heavy (non-hydrogen) atoms. The number of nitriles is 1. The van der Waals surface area contributed by atoms with E-state index in [0.717, 1.165) is 17.1 Å². The predicted molar refractivity (Wildman–Crippen MR) is 129 cm³/mol. The summed E-state index contributed by atoms with van der Waals surface area (Å²) in [6.07, 6.45) is 0.808. The molecule has 0 aliphatic carbocycles. The van der Waals surface area contributed by atoms with Crippen LogP contribution in [0.25, 0.3) is 0 Å². The van der Waals surface area contributed by atoms with Crippen molar-refractivity contribution in [3.05, 3.63) is 105 Å². The van der Waals surface area contributed by atoms with E-state index in [1.807, 2.05) is 53.9 Å². The maximum absolute atomic E-state index is 12.7. The van der Waals surface area contributed by atoms with Gasteiger partial charge in [-0.15, -0.1) is 11.3 Å². The second-order valence-corrected chi connectivity index (χ2v) is 9.00. The zero-order valence-corrected chi connectivity index (χ0v) is 19.0. The van der Waals surface area contributed by atoms with E-state index in [9.17, 15) is 10.1 Å². The average Bonchev–Trinajstić information content (AvgIpc) is 3.26. The molecule has 4 aromatic rings. The summed E-state index contributed by atoms with van der Waals surface area (Å²) in [5.41, 5.74) is 4.26. The van der Waals surface area contributed by atoms with E-state index in [2.05, 4.69) is 28.5 Å². The van der Waals surface area contributed by atoms with E-state index in [0.29, 0.717) is 33.3 Å². The summed E-state index contributed by atoms with van der Waals surface area (Å²) in [5.74, 6) is 0.335. The van der Waals surface area contributed by atoms with Gasteiger partial charge in [-0.3, -0.25) is 4.79 Å². The molecule has 1 amide bonds. The van der Waals surface area contributed by atoms with Crippen molar-refractivity contribution in [3.8, 4) is 6.07 Å². The minimum atomic E-state index is -0.278. The number of rotatable bonds is 7. The number of anilines is 1. The summed E-state index contributed by atoms with van der Waals surface area (Å²) in [7, 11) is 0. The number of aromatic nitrogens is 2. The first kappa shape index (κ1) is 21.8. The summed E-state index contributed by atoms with van der Waals surface area (Å²) in [6.45, 7) is 1.78. The molecule has 0 bridgehead atoms. The lowest BCUT2D eigenvalue weighted by Gasteiger charge is -2.10. The van der Waals surface area contributed by atoms with Crippen molar-refractivity contribution in [2.45, 2.75) is 24.1 Å². The van der Waals surface area contributed by atoms with Crippen molar-refractivity contribution in [2.75, 3.05) is 5.32 Å². The van der Waals surface area contributed by atoms with Gasteiger partial charge in [0.2, 0.25) is 0 Å². The van der Waals surface area contributed by atoms with Gasteiger partial charge in [-0.2, -0.15) is 5.26 Å². The standard InChI is InChI=1S/C25H20N4OS2/c1-17-22(24(30)29-20-10-6-3-7-11-20)13-19(14-26)25(27-17)32-16-21-15-31-23(28-21)12-18-8-4-2-5-9-18/h2-11,13,15H,12,16H2,1H3,(H,29,30). The van der Waals surface area contributed by atoms with Gasteiger partial charge in [0, 0.05) is 23.2 Å². The number of amides is 1. The van der Waals surface area contributed by atoms with Crippen LogP contribution in [-0.2, 0) is 12.2 Å². The second-order valence-electron chi connectivity index (χ2n) is 7.09. The number of carbonyl (C=O) groups excluding carboxylic acids is 1. The van der Waals surface area contributed by atoms with Gasteiger partial charge in [0.15, 0.2) is 0 Å². The first-order valence-corrected chi connectivity index (χ1v) is 11.9. The van der Waals surface area contributed by atoms with Crippen molar-refractivity contribution in [2.24, 2.45) is 0 Å². The van der Waals surface area contributed by atoms with E-state index in [4.69, 9.17) is 4.98 Å². The van der Waals surface area contributed by atoms with Crippen LogP contribution in [0.3, 0.4) is 0 Å². The van der Waals surface area contributed by atoms with Gasteiger partial charge in [-0.25, -0.2) is 9.97 Å². The summed E-state index contributed by atoms with van der Waals surface area (Å²) < 4.78 is 0. The van der Waals surface area contributed by atoms with Crippen LogP contribution in [-0.4, -0.2) is 15.9 Å². The Bertz CT molecular complexity index is 1260. The zero-order valence-electron chi connectivity index (χ0n) is 17.4. The molecule has 2 aromatic carbocycles. The van der Waals surface area contributed by atoms with Crippen LogP contribution in [0.5, 0.6) is 0 Å². The van der Waals surface area contributed by atoms with Gasteiger partial charge in [0.1, 0.15) is 11.1 Å². The van der Waals surface area contributed by atoms with Crippen molar-refractivity contribution in [3.63, 3.8) is 0 Å². The average molecular weight is 457 g/mol. The first-order valence-electron chi connectivity index (χ1n) is 10.0. The van der Waals surface area contributed by atoms with E-state index < -0.39 is 0 Å². The number of thioether (sulfide) groups is 1. The van der Waals surface area contributed by atoms with Crippen LogP contribution in [0.4, 0.5) is 5.69 Å². The molecule has 158 valence electrons. The lowest BCUT2D eigenvalue weighted by Crippen LogP contribution is -2.15. The number of carbonyl (C=O) groups is 1. The van der Waals surface area contributed by atoms with Crippen molar-refractivity contribution in [1.82, 2.24) is 9.97 Å². The molecule has 0 aliphatic rings. The van der Waals surface area contributed by atoms with Gasteiger partial charge in [-0.05, 0) is 30.7 Å². The third-order valence-electron chi connectivity index (χ3n) is 4.73. The molecule has 0 fully saturated rings. The van der Waals surface area contributed by atoms with Gasteiger partial charge >= 0.3 is 0 Å². The maximum atomic E-state index is 12.7. The molecule has 2 heterocycles. The SMILES string of the molecule is Cc1nc(SCc2csc(Cc3ccccc3)n2)c(C#N)cc1C(=O)Nc1ccccc1. The molecular formula is C25H20N4OS2. The molecule has 5 nitrogen and oxygen atoms in total. The Morgan fingerprint density at radius 3 is 2.53 bits per heavy atom. The molecule has 2 aromatic heterocycles. The first-order chi connectivity index (χ1) is 15.6. The molecule has 0 saturated carbocycles. The van der Waals surface area contributed by atoms with E-state index >= 15 is 0 Å². The Labute approximate surface area is 195 Å². The van der Waals surface area contributed by atoms with Gasteiger partial charge in [0.25, 0.3) is 5.91 Å². The molecule has 0 spiro atoms. The van der Waals surface area contributed by atoms with Gasteiger partial charge in [0.05, 0.1) is 27.5 Å². The van der Waals surface area contributed by atoms with Crippen molar-refractivity contribution >= 4 is 34.7 Å². The number of thiazole rings is 1. The summed E-state index contributed by atoms with van der Waals surface area (Å²) >= 11 is 3.10. The highest BCUT2D eigenvalue weighted by molar-refractivity contribution is 7.98. The lowest BCUT2D eigenvalue weighted by molar-refractivity contribution is 0.102. The topological polar surface area (TPSA) is 78.7 Å². The Morgan fingerprint density at radius 2 is 1.81 bits per heavy atom. The van der Waals surface area contributed by atoms with E-state index in [1.54, 1.807) is 24.3 Å². The fourth-order valence-corrected chi connectivity index (χ4v) is 4.96. The van der Waals surface area contributed by atoms with Gasteiger partial charge < -0.3 is 5.32 Å². The Balaban J connectivity index is 1.45. The smallest absolute Gasteiger partial charge is 0.257 e. The molecular weight excluding hydrogens is 436 g/mol. The fraction of sp³-hybridized carbons (Fsp3) is 0.120. The molecule has 0 saturated heterocycles. The highest BCUT2D eigenvalue weighted by Crippen LogP contribution is 2.27. The Hall–Kier alpha value is -3.47. The number of para-hydroxylation sites is 1. The van der Waals surface area contributed by atoms with Crippen LogP contribution in [0.1, 0.15) is 37.9 Å². The number of hydrogen-bond acceptors (Lipinski definition) is 6. The Morgan fingerprint density at radius 1 is 1.09 bits per heavy atom. The monoisotopic (exact) mass is 456 g/mol. The van der Waals surface area contributed by atoms with Crippen LogP contribution < -0.4 is 5.32 Å².